The molecule has 0 spiro atoms. The fraction of sp³-hybridized carbons (Fsp3) is 0.375. The monoisotopic (exact) mass is 536 g/mol. The van der Waals surface area contributed by atoms with E-state index in [1.165, 1.54) is 0 Å². The van der Waals surface area contributed by atoms with Gasteiger partial charge in [0.1, 0.15) is 5.75 Å². The Morgan fingerprint density at radius 3 is 2.73 bits per heavy atom. The van der Waals surface area contributed by atoms with Crippen molar-refractivity contribution in [3.05, 3.63) is 66.5 Å². The molecule has 1 aliphatic heterocycles. The number of hydrogen-bond acceptors (Lipinski definition) is 7. The van der Waals surface area contributed by atoms with Gasteiger partial charge in [-0.25, -0.2) is 15.0 Å². The van der Waals surface area contributed by atoms with Crippen molar-refractivity contribution < 1.29 is 9.53 Å². The number of piperidine rings is 1. The molecule has 1 saturated heterocycles. The van der Waals surface area contributed by atoms with Crippen LogP contribution in [0, 0.1) is 18.8 Å². The summed E-state index contributed by atoms with van der Waals surface area (Å²) in [6, 6.07) is 16.1. The fourth-order valence-electron chi connectivity index (χ4n) is 5.94. The molecule has 1 amide bonds. The van der Waals surface area contributed by atoms with E-state index < -0.39 is 0 Å². The third-order valence-electron chi connectivity index (χ3n) is 8.20. The molecular weight excluding hydrogens is 500 g/mol. The number of benzene rings is 2. The zero-order valence-corrected chi connectivity index (χ0v) is 23.1. The molecule has 4 aromatic rings. The van der Waals surface area contributed by atoms with E-state index in [1.807, 2.05) is 55.5 Å². The number of aromatic nitrogens is 3. The number of nitrogens with zero attached hydrogens (tertiary/aromatic N) is 3. The van der Waals surface area contributed by atoms with Crippen LogP contribution in [0.15, 0.2) is 60.9 Å². The summed E-state index contributed by atoms with van der Waals surface area (Å²) in [5.74, 6) is 2.36. The molecule has 2 aromatic carbocycles. The maximum absolute atomic E-state index is 13.1. The van der Waals surface area contributed by atoms with E-state index in [4.69, 9.17) is 9.72 Å². The van der Waals surface area contributed by atoms with E-state index in [0.29, 0.717) is 29.5 Å². The molecule has 40 heavy (non-hydrogen) atoms. The highest BCUT2D eigenvalue weighted by Crippen LogP contribution is 2.39. The molecule has 2 aliphatic rings. The number of aryl methyl sites for hydroxylation is 1. The predicted octanol–water partition coefficient (Wildman–Crippen LogP) is 6.33. The lowest BCUT2D eigenvalue weighted by atomic mass is 9.97. The number of hydrogen-bond donors (Lipinski definition) is 3. The first kappa shape index (κ1) is 26.2. The third kappa shape index (κ3) is 5.49. The van der Waals surface area contributed by atoms with Gasteiger partial charge in [-0.15, -0.1) is 0 Å². The first-order valence-corrected chi connectivity index (χ1v) is 14.3. The maximum Gasteiger partial charge on any atom is 0.228 e. The van der Waals surface area contributed by atoms with Crippen molar-refractivity contribution in [3.63, 3.8) is 0 Å². The van der Waals surface area contributed by atoms with E-state index in [-0.39, 0.29) is 11.8 Å². The van der Waals surface area contributed by atoms with Crippen LogP contribution in [0.1, 0.15) is 44.6 Å². The van der Waals surface area contributed by atoms with E-state index >= 15 is 0 Å². The summed E-state index contributed by atoms with van der Waals surface area (Å²) in [6.07, 6.45) is 8.88. The summed E-state index contributed by atoms with van der Waals surface area (Å²) in [4.78, 5) is 26.9. The van der Waals surface area contributed by atoms with Crippen LogP contribution in [0.4, 0.5) is 11.6 Å². The third-order valence-corrected chi connectivity index (χ3v) is 8.20. The van der Waals surface area contributed by atoms with Gasteiger partial charge in [0.15, 0.2) is 0 Å². The smallest absolute Gasteiger partial charge is 0.228 e. The first-order valence-electron chi connectivity index (χ1n) is 14.3. The highest BCUT2D eigenvalue weighted by atomic mass is 16.5. The van der Waals surface area contributed by atoms with Gasteiger partial charge in [-0.1, -0.05) is 37.6 Å². The highest BCUT2D eigenvalue weighted by molar-refractivity contribution is 6.05. The Hall–Kier alpha value is -4.04. The minimum Gasteiger partial charge on any atom is -0.437 e. The molecule has 6 rings (SSSR count). The van der Waals surface area contributed by atoms with Gasteiger partial charge >= 0.3 is 0 Å². The minimum atomic E-state index is 0.0640. The Morgan fingerprint density at radius 2 is 1.90 bits per heavy atom. The number of fused-ring (bicyclic) bond motifs is 1. The summed E-state index contributed by atoms with van der Waals surface area (Å²) in [5.41, 5.74) is 3.30. The summed E-state index contributed by atoms with van der Waals surface area (Å²) in [6.45, 7) is 6.14. The molecule has 2 unspecified atom stereocenters. The van der Waals surface area contributed by atoms with Crippen molar-refractivity contribution in [2.24, 2.45) is 11.8 Å². The molecule has 2 fully saturated rings. The standard InChI is InChI=1S/C32H36N6O2/c1-20-7-3-9-23(20)30(39)37-27-12-4-10-25-24(27)14-13-21(2)29(25)40-31-26(11-6-17-34-31)28-15-18-35-32(38-28)36-22-8-5-16-33-19-22/h4,6,10-15,17-18,20,22-23,33H,3,5,7-9,16,19H2,1-2H3,(H,37,39)(H,35,36,38)/t20?,22?,23-/m0/s1. The van der Waals surface area contributed by atoms with E-state index in [9.17, 15) is 4.79 Å². The second-order valence-corrected chi connectivity index (χ2v) is 11.0. The van der Waals surface area contributed by atoms with E-state index in [0.717, 1.165) is 78.5 Å². The number of ether oxygens (including phenoxy) is 1. The van der Waals surface area contributed by atoms with Gasteiger partial charge in [0.05, 0.1) is 11.3 Å². The van der Waals surface area contributed by atoms with Crippen LogP contribution in [0.3, 0.4) is 0 Å². The quantitative estimate of drug-likeness (QED) is 0.254. The Kier molecular flexibility index (Phi) is 7.60. The largest absolute Gasteiger partial charge is 0.437 e. The summed E-state index contributed by atoms with van der Waals surface area (Å²) >= 11 is 0. The van der Waals surface area contributed by atoms with Crippen molar-refractivity contribution in [1.29, 1.82) is 0 Å². The molecule has 8 nitrogen and oxygen atoms in total. The van der Waals surface area contributed by atoms with Crippen molar-refractivity contribution >= 4 is 28.3 Å². The van der Waals surface area contributed by atoms with Crippen LogP contribution in [0.25, 0.3) is 22.0 Å². The molecule has 2 aromatic heterocycles. The Bertz CT molecular complexity index is 1520. The van der Waals surface area contributed by atoms with Gasteiger partial charge in [0.2, 0.25) is 17.7 Å². The Labute approximate surface area is 235 Å². The van der Waals surface area contributed by atoms with Crippen LogP contribution in [0.2, 0.25) is 0 Å². The van der Waals surface area contributed by atoms with Gasteiger partial charge in [0.25, 0.3) is 0 Å². The lowest BCUT2D eigenvalue weighted by molar-refractivity contribution is -0.120. The lowest BCUT2D eigenvalue weighted by Crippen LogP contribution is -2.38. The van der Waals surface area contributed by atoms with Crippen molar-refractivity contribution in [2.75, 3.05) is 23.7 Å². The molecule has 3 N–H and O–H groups in total. The molecule has 206 valence electrons. The predicted molar refractivity (Wildman–Crippen MR) is 159 cm³/mol. The van der Waals surface area contributed by atoms with E-state index in [1.54, 1.807) is 12.4 Å². The van der Waals surface area contributed by atoms with Crippen LogP contribution in [-0.2, 0) is 4.79 Å². The number of anilines is 2. The second-order valence-electron chi connectivity index (χ2n) is 11.0. The minimum absolute atomic E-state index is 0.0640. The van der Waals surface area contributed by atoms with Gasteiger partial charge in [0, 0.05) is 47.4 Å². The number of nitrogens with one attached hydrogen (secondary N) is 3. The average Bonchev–Trinajstić information content (AvgIpc) is 3.41. The van der Waals surface area contributed by atoms with Gasteiger partial charge < -0.3 is 20.7 Å². The normalized spacial score (nSPS) is 20.8. The maximum atomic E-state index is 13.1. The molecule has 0 bridgehead atoms. The highest BCUT2D eigenvalue weighted by Gasteiger charge is 2.30. The van der Waals surface area contributed by atoms with Crippen molar-refractivity contribution in [2.45, 2.75) is 52.0 Å². The number of carbonyl (C=O) groups excluding carboxylic acids is 1. The zero-order chi connectivity index (χ0) is 27.5. The van der Waals surface area contributed by atoms with Gasteiger partial charge in [-0.3, -0.25) is 4.79 Å². The van der Waals surface area contributed by atoms with Crippen LogP contribution >= 0.6 is 0 Å². The first-order chi connectivity index (χ1) is 19.6. The zero-order valence-electron chi connectivity index (χ0n) is 23.1. The Balaban J connectivity index is 1.30. The van der Waals surface area contributed by atoms with Crippen molar-refractivity contribution in [3.8, 4) is 22.9 Å². The fourth-order valence-corrected chi connectivity index (χ4v) is 5.94. The second kappa shape index (κ2) is 11.6. The van der Waals surface area contributed by atoms with Crippen LogP contribution < -0.4 is 20.7 Å². The Morgan fingerprint density at radius 1 is 0.975 bits per heavy atom. The molecule has 0 radical (unpaired) electrons. The summed E-state index contributed by atoms with van der Waals surface area (Å²) in [7, 11) is 0. The number of pyridine rings is 1. The number of carbonyl (C=O) groups is 1. The number of amides is 1. The molecular formula is C32H36N6O2. The lowest BCUT2D eigenvalue weighted by Gasteiger charge is -2.23. The average molecular weight is 537 g/mol. The molecule has 3 atom stereocenters. The molecule has 3 heterocycles. The van der Waals surface area contributed by atoms with Crippen LogP contribution in [0.5, 0.6) is 11.6 Å². The van der Waals surface area contributed by atoms with Gasteiger partial charge in [-0.2, -0.15) is 0 Å². The van der Waals surface area contributed by atoms with Crippen molar-refractivity contribution in [1.82, 2.24) is 20.3 Å². The van der Waals surface area contributed by atoms with E-state index in [2.05, 4.69) is 32.8 Å². The summed E-state index contributed by atoms with van der Waals surface area (Å²) < 4.78 is 6.56. The molecule has 1 saturated carbocycles. The number of rotatable bonds is 7. The van der Waals surface area contributed by atoms with Crippen LogP contribution in [-0.4, -0.2) is 40.0 Å². The van der Waals surface area contributed by atoms with Gasteiger partial charge in [-0.05, 0) is 74.9 Å². The topological polar surface area (TPSA) is 101 Å². The SMILES string of the molecule is Cc1ccc2c(NC(=O)[C@H]3CCCC3C)cccc2c1Oc1ncccc1-c1ccnc(NC2CCCNC2)n1. The molecule has 8 heteroatoms. The summed E-state index contributed by atoms with van der Waals surface area (Å²) in [5, 5.41) is 11.9. The molecule has 1 aliphatic carbocycles.